The predicted molar refractivity (Wildman–Crippen MR) is 136 cm³/mol. The molecule has 0 bridgehead atoms. The highest BCUT2D eigenvalue weighted by Crippen LogP contribution is 2.43. The first-order valence-electron chi connectivity index (χ1n) is 11.4. The number of nitrogens with zero attached hydrogens (tertiary/aromatic N) is 2. The molecule has 0 saturated carbocycles. The minimum absolute atomic E-state index is 0.0258. The Morgan fingerprint density at radius 2 is 1.81 bits per heavy atom. The Bertz CT molecular complexity index is 1580. The summed E-state index contributed by atoms with van der Waals surface area (Å²) in [6.45, 7) is 7.93. The van der Waals surface area contributed by atoms with Crippen LogP contribution in [0.4, 0.5) is 5.13 Å². The zero-order valence-electron chi connectivity index (χ0n) is 20.5. The third-order valence-corrected chi connectivity index (χ3v) is 7.49. The van der Waals surface area contributed by atoms with E-state index in [0.717, 1.165) is 22.5 Å². The van der Waals surface area contributed by atoms with Crippen molar-refractivity contribution in [2.75, 3.05) is 18.6 Å². The lowest BCUT2D eigenvalue weighted by atomic mass is 9.97. The highest BCUT2D eigenvalue weighted by Gasteiger charge is 2.45. The average Bonchev–Trinajstić information content (AvgIpc) is 3.38. The average molecular weight is 505 g/mol. The third-order valence-electron chi connectivity index (χ3n) is 6.36. The number of aryl methyl sites for hydroxylation is 3. The van der Waals surface area contributed by atoms with E-state index in [1.165, 1.54) is 12.0 Å². The first-order chi connectivity index (χ1) is 17.2. The number of rotatable bonds is 5. The van der Waals surface area contributed by atoms with Crippen molar-refractivity contribution in [1.82, 2.24) is 4.98 Å². The summed E-state index contributed by atoms with van der Waals surface area (Å²) < 4.78 is 16.5. The van der Waals surface area contributed by atoms with Crippen LogP contribution in [0.1, 0.15) is 61.1 Å². The molecule has 1 aliphatic rings. The lowest BCUT2D eigenvalue weighted by Crippen LogP contribution is -2.29. The second-order valence-electron chi connectivity index (χ2n) is 8.59. The van der Waals surface area contributed by atoms with Crippen molar-refractivity contribution >= 4 is 39.3 Å². The number of thiazole rings is 1. The van der Waals surface area contributed by atoms with Gasteiger partial charge in [-0.15, -0.1) is 0 Å². The van der Waals surface area contributed by atoms with E-state index in [1.807, 2.05) is 32.9 Å². The Balaban J connectivity index is 1.76. The molecule has 0 radical (unpaired) electrons. The zero-order chi connectivity index (χ0) is 25.7. The number of hydrogen-bond donors (Lipinski definition) is 0. The Morgan fingerprint density at radius 1 is 1.11 bits per heavy atom. The SMILES string of the molecule is CCOc1ccc(C2c3c(oc4cc(C)c(C)cc4c3=O)C(=O)N2c2nc(C)c(C(=O)OC)s2)cc1. The molecular formula is C27H24N2O6S. The Hall–Kier alpha value is -3.98. The number of fused-ring (bicyclic) bond motifs is 2. The van der Waals surface area contributed by atoms with E-state index >= 15 is 0 Å². The summed E-state index contributed by atoms with van der Waals surface area (Å²) in [5, 5.41) is 0.687. The number of ether oxygens (including phenoxy) is 2. The molecule has 0 spiro atoms. The lowest BCUT2D eigenvalue weighted by molar-refractivity contribution is 0.0605. The maximum absolute atomic E-state index is 13.8. The molecule has 5 rings (SSSR count). The predicted octanol–water partition coefficient (Wildman–Crippen LogP) is 5.11. The Kier molecular flexibility index (Phi) is 5.88. The summed E-state index contributed by atoms with van der Waals surface area (Å²) in [6.07, 6.45) is 0. The van der Waals surface area contributed by atoms with Crippen LogP contribution < -0.4 is 15.1 Å². The van der Waals surface area contributed by atoms with Gasteiger partial charge in [-0.05, 0) is 68.7 Å². The fraction of sp³-hybridized carbons (Fsp3) is 0.259. The quantitative estimate of drug-likeness (QED) is 0.348. The smallest absolute Gasteiger partial charge is 0.350 e. The molecule has 2 aromatic carbocycles. The molecule has 1 amide bonds. The molecule has 0 saturated heterocycles. The van der Waals surface area contributed by atoms with Gasteiger partial charge in [-0.2, -0.15) is 0 Å². The summed E-state index contributed by atoms with van der Waals surface area (Å²) in [4.78, 5) is 46.1. The summed E-state index contributed by atoms with van der Waals surface area (Å²) in [5.41, 5.74) is 3.35. The Morgan fingerprint density at radius 3 is 2.47 bits per heavy atom. The molecule has 0 fully saturated rings. The van der Waals surface area contributed by atoms with Gasteiger partial charge in [0.05, 0.1) is 36.4 Å². The highest BCUT2D eigenvalue weighted by molar-refractivity contribution is 7.17. The molecule has 1 aliphatic heterocycles. The van der Waals surface area contributed by atoms with Crippen molar-refractivity contribution in [1.29, 1.82) is 0 Å². The largest absolute Gasteiger partial charge is 0.494 e. The number of methoxy groups -OCH3 is 1. The van der Waals surface area contributed by atoms with Gasteiger partial charge in [-0.1, -0.05) is 23.5 Å². The molecule has 3 heterocycles. The molecule has 1 unspecified atom stereocenters. The molecular weight excluding hydrogens is 480 g/mol. The minimum atomic E-state index is -0.790. The topological polar surface area (TPSA) is 98.9 Å². The second kappa shape index (κ2) is 8.91. The summed E-state index contributed by atoms with van der Waals surface area (Å²) in [7, 11) is 1.29. The molecule has 8 nitrogen and oxygen atoms in total. The van der Waals surface area contributed by atoms with Crippen molar-refractivity contribution < 1.29 is 23.5 Å². The van der Waals surface area contributed by atoms with E-state index in [4.69, 9.17) is 13.9 Å². The van der Waals surface area contributed by atoms with Crippen LogP contribution in [0.2, 0.25) is 0 Å². The van der Waals surface area contributed by atoms with Gasteiger partial charge < -0.3 is 13.9 Å². The zero-order valence-corrected chi connectivity index (χ0v) is 21.3. The van der Waals surface area contributed by atoms with Crippen molar-refractivity contribution in [3.63, 3.8) is 0 Å². The van der Waals surface area contributed by atoms with Gasteiger partial charge in [0, 0.05) is 0 Å². The van der Waals surface area contributed by atoms with E-state index < -0.39 is 17.9 Å². The molecule has 9 heteroatoms. The number of amides is 1. The van der Waals surface area contributed by atoms with Crippen molar-refractivity contribution in [3.8, 4) is 5.75 Å². The normalized spacial score (nSPS) is 14.9. The fourth-order valence-corrected chi connectivity index (χ4v) is 5.43. The third kappa shape index (κ3) is 3.67. The van der Waals surface area contributed by atoms with Crippen LogP contribution in [0.5, 0.6) is 5.75 Å². The lowest BCUT2D eigenvalue weighted by Gasteiger charge is -2.22. The van der Waals surface area contributed by atoms with E-state index in [0.29, 0.717) is 34.6 Å². The summed E-state index contributed by atoms with van der Waals surface area (Å²) in [5.74, 6) is -0.385. The van der Waals surface area contributed by atoms with Crippen LogP contribution in [0, 0.1) is 20.8 Å². The van der Waals surface area contributed by atoms with Crippen molar-refractivity contribution in [2.45, 2.75) is 33.7 Å². The second-order valence-corrected chi connectivity index (χ2v) is 9.57. The van der Waals surface area contributed by atoms with E-state index in [1.54, 1.807) is 31.2 Å². The van der Waals surface area contributed by atoms with Crippen molar-refractivity contribution in [2.24, 2.45) is 0 Å². The fourth-order valence-electron chi connectivity index (χ4n) is 4.42. The highest BCUT2D eigenvalue weighted by atomic mass is 32.1. The number of anilines is 1. The van der Waals surface area contributed by atoms with Crippen molar-refractivity contribution in [3.05, 3.63) is 85.2 Å². The van der Waals surface area contributed by atoms with Crippen LogP contribution >= 0.6 is 11.3 Å². The van der Waals surface area contributed by atoms with Gasteiger partial charge in [-0.3, -0.25) is 14.5 Å². The molecule has 36 heavy (non-hydrogen) atoms. The molecule has 184 valence electrons. The number of carbonyl (C=O) groups excluding carboxylic acids is 2. The van der Waals surface area contributed by atoms with Gasteiger partial charge in [-0.25, -0.2) is 9.78 Å². The van der Waals surface area contributed by atoms with Gasteiger partial charge in [0.15, 0.2) is 10.6 Å². The van der Waals surface area contributed by atoms with Crippen LogP contribution in [-0.2, 0) is 4.74 Å². The molecule has 0 aliphatic carbocycles. The molecule has 2 aromatic heterocycles. The van der Waals surface area contributed by atoms with Gasteiger partial charge in [0.2, 0.25) is 5.76 Å². The minimum Gasteiger partial charge on any atom is -0.494 e. The number of hydrogen-bond acceptors (Lipinski definition) is 8. The number of benzene rings is 2. The summed E-state index contributed by atoms with van der Waals surface area (Å²) in [6, 6.07) is 10.00. The first-order valence-corrected chi connectivity index (χ1v) is 12.3. The monoisotopic (exact) mass is 504 g/mol. The maximum Gasteiger partial charge on any atom is 0.350 e. The van der Waals surface area contributed by atoms with Gasteiger partial charge >= 0.3 is 5.97 Å². The van der Waals surface area contributed by atoms with Crippen LogP contribution in [-0.4, -0.2) is 30.6 Å². The maximum atomic E-state index is 13.8. The van der Waals surface area contributed by atoms with E-state index in [-0.39, 0.29) is 26.8 Å². The van der Waals surface area contributed by atoms with Crippen LogP contribution in [0.15, 0.2) is 45.6 Å². The van der Waals surface area contributed by atoms with Crippen LogP contribution in [0.25, 0.3) is 11.0 Å². The van der Waals surface area contributed by atoms with E-state index in [2.05, 4.69) is 4.98 Å². The number of carbonyl (C=O) groups is 2. The molecule has 1 atom stereocenters. The Labute approximate surface area is 211 Å². The molecule has 0 N–H and O–H groups in total. The van der Waals surface area contributed by atoms with Gasteiger partial charge in [0.1, 0.15) is 16.2 Å². The first kappa shape index (κ1) is 23.7. The van der Waals surface area contributed by atoms with Gasteiger partial charge in [0.25, 0.3) is 5.91 Å². The molecule has 4 aromatic rings. The summed E-state index contributed by atoms with van der Waals surface area (Å²) >= 11 is 1.04. The van der Waals surface area contributed by atoms with E-state index in [9.17, 15) is 14.4 Å². The number of aromatic nitrogens is 1. The standard InChI is InChI=1S/C27H24N2O6S/c1-6-34-17-9-7-16(8-10-17)21-20-22(30)18-11-13(2)14(3)12-19(18)35-23(20)25(31)29(21)27-28-15(4)24(36-27)26(32)33-5/h7-12,21H,6H2,1-5H3. The van der Waals surface area contributed by atoms with Crippen LogP contribution in [0.3, 0.4) is 0 Å². The number of esters is 1.